The summed E-state index contributed by atoms with van der Waals surface area (Å²) in [6.45, 7) is 4.20. The quantitative estimate of drug-likeness (QED) is 0.317. The van der Waals surface area contributed by atoms with Crippen molar-refractivity contribution < 1.29 is 13.5 Å². The van der Waals surface area contributed by atoms with E-state index in [1.807, 2.05) is 24.3 Å². The molecule has 2 aliphatic carbocycles. The van der Waals surface area contributed by atoms with Crippen LogP contribution in [-0.4, -0.2) is 6.61 Å². The van der Waals surface area contributed by atoms with Crippen molar-refractivity contribution in [3.8, 4) is 16.9 Å². The third kappa shape index (κ3) is 6.87. The van der Waals surface area contributed by atoms with Crippen LogP contribution < -0.4 is 4.74 Å². The number of allylic oxidation sites excluding steroid dienone is 4. The highest BCUT2D eigenvalue weighted by Crippen LogP contribution is 2.42. The van der Waals surface area contributed by atoms with Gasteiger partial charge in [-0.05, 0) is 125 Å². The summed E-state index contributed by atoms with van der Waals surface area (Å²) in [5.74, 6) is 1.67. The largest absolute Gasteiger partial charge is 0.491 e. The fraction of sp³-hybridized carbons (Fsp3) is 0.515. The molecular weight excluding hydrogens is 450 g/mol. The third-order valence-corrected chi connectivity index (χ3v) is 8.38. The standard InChI is InChI=1S/C33H42F2O/c1-3-7-24-10-16-27(17-11-24)28-18-12-25(13-19-28)8-5-6-9-26-14-20-29(21-15-26)30-22-23-31(36-4-2)33(35)32(30)34/h3,5,7-8,14-15,20-25,27-28H,4,6,9-13,16-19H2,1-2H3/b7-3+,8-5+. The second-order valence-electron chi connectivity index (χ2n) is 10.7. The number of benzene rings is 2. The van der Waals surface area contributed by atoms with Crippen molar-refractivity contribution in [2.75, 3.05) is 6.61 Å². The highest BCUT2D eigenvalue weighted by molar-refractivity contribution is 5.65. The molecule has 0 heterocycles. The molecule has 2 aliphatic rings. The monoisotopic (exact) mass is 492 g/mol. The molecule has 0 amide bonds. The molecule has 2 saturated carbocycles. The van der Waals surface area contributed by atoms with Gasteiger partial charge in [-0.25, -0.2) is 4.39 Å². The van der Waals surface area contributed by atoms with Gasteiger partial charge in [0.25, 0.3) is 0 Å². The maximum absolute atomic E-state index is 14.5. The Bertz CT molecular complexity index is 1010. The zero-order chi connectivity index (χ0) is 25.3. The van der Waals surface area contributed by atoms with E-state index in [1.165, 1.54) is 63.0 Å². The van der Waals surface area contributed by atoms with Crippen molar-refractivity contribution in [2.24, 2.45) is 23.7 Å². The van der Waals surface area contributed by atoms with Gasteiger partial charge in [0.15, 0.2) is 11.6 Å². The summed E-state index contributed by atoms with van der Waals surface area (Å²) in [6, 6.07) is 10.9. The zero-order valence-electron chi connectivity index (χ0n) is 22.0. The van der Waals surface area contributed by atoms with Crippen molar-refractivity contribution in [3.05, 3.63) is 77.9 Å². The molecule has 2 aromatic rings. The number of aryl methyl sites for hydroxylation is 1. The number of ether oxygens (including phenoxy) is 1. The van der Waals surface area contributed by atoms with Crippen LogP contribution in [0.4, 0.5) is 8.78 Å². The molecule has 0 radical (unpaired) electrons. The lowest BCUT2D eigenvalue weighted by atomic mass is 9.69. The van der Waals surface area contributed by atoms with Gasteiger partial charge in [0.05, 0.1) is 6.61 Å². The van der Waals surface area contributed by atoms with Crippen molar-refractivity contribution >= 4 is 0 Å². The van der Waals surface area contributed by atoms with E-state index in [4.69, 9.17) is 4.74 Å². The lowest BCUT2D eigenvalue weighted by Gasteiger charge is -2.36. The van der Waals surface area contributed by atoms with E-state index < -0.39 is 11.6 Å². The van der Waals surface area contributed by atoms with E-state index >= 15 is 0 Å². The highest BCUT2D eigenvalue weighted by Gasteiger charge is 2.29. The molecule has 36 heavy (non-hydrogen) atoms. The van der Waals surface area contributed by atoms with Crippen LogP contribution in [0.5, 0.6) is 5.75 Å². The maximum atomic E-state index is 14.5. The van der Waals surface area contributed by atoms with Crippen molar-refractivity contribution in [1.82, 2.24) is 0 Å². The molecule has 3 heteroatoms. The first-order valence-electron chi connectivity index (χ1n) is 14.1. The molecule has 0 aromatic heterocycles. The summed E-state index contributed by atoms with van der Waals surface area (Å²) in [6.07, 6.45) is 22.5. The molecule has 194 valence electrons. The van der Waals surface area contributed by atoms with Crippen LogP contribution in [0.25, 0.3) is 11.1 Å². The Balaban J connectivity index is 1.20. The summed E-state index contributed by atoms with van der Waals surface area (Å²) >= 11 is 0. The molecule has 0 atom stereocenters. The number of hydrogen-bond acceptors (Lipinski definition) is 1. The van der Waals surface area contributed by atoms with Gasteiger partial charge in [0.2, 0.25) is 5.82 Å². The Hall–Kier alpha value is -2.42. The first-order chi connectivity index (χ1) is 17.6. The predicted octanol–water partition coefficient (Wildman–Crippen LogP) is 9.71. The zero-order valence-corrected chi connectivity index (χ0v) is 22.0. The van der Waals surface area contributed by atoms with Gasteiger partial charge in [-0.15, -0.1) is 0 Å². The van der Waals surface area contributed by atoms with E-state index in [-0.39, 0.29) is 11.3 Å². The smallest absolute Gasteiger partial charge is 0.201 e. The lowest BCUT2D eigenvalue weighted by molar-refractivity contribution is 0.166. The Labute approximate surface area is 216 Å². The Morgan fingerprint density at radius 2 is 1.39 bits per heavy atom. The van der Waals surface area contributed by atoms with Crippen LogP contribution in [0, 0.1) is 35.3 Å². The number of hydrogen-bond donors (Lipinski definition) is 0. The molecule has 1 nitrogen and oxygen atoms in total. The average Bonchev–Trinajstić information content (AvgIpc) is 2.91. The van der Waals surface area contributed by atoms with Gasteiger partial charge in [-0.3, -0.25) is 0 Å². The molecule has 2 aromatic carbocycles. The van der Waals surface area contributed by atoms with Gasteiger partial charge in [-0.1, -0.05) is 48.6 Å². The Morgan fingerprint density at radius 1 is 0.778 bits per heavy atom. The SMILES string of the molecule is C/C=C/C1CCC(C2CCC(/C=C/CCc3ccc(-c4ccc(OCC)c(F)c4F)cc3)CC2)CC1. The van der Waals surface area contributed by atoms with Crippen molar-refractivity contribution in [2.45, 2.75) is 78.1 Å². The fourth-order valence-corrected chi connectivity index (χ4v) is 6.30. The van der Waals surface area contributed by atoms with E-state index in [0.29, 0.717) is 12.2 Å². The minimum Gasteiger partial charge on any atom is -0.491 e. The van der Waals surface area contributed by atoms with Gasteiger partial charge >= 0.3 is 0 Å². The van der Waals surface area contributed by atoms with E-state index in [9.17, 15) is 8.78 Å². The molecule has 0 bridgehead atoms. The minimum atomic E-state index is -0.922. The van der Waals surface area contributed by atoms with E-state index in [0.717, 1.165) is 36.5 Å². The van der Waals surface area contributed by atoms with Gasteiger partial charge < -0.3 is 4.74 Å². The summed E-state index contributed by atoms with van der Waals surface area (Å²) in [5, 5.41) is 0. The van der Waals surface area contributed by atoms with Crippen LogP contribution in [0.2, 0.25) is 0 Å². The average molecular weight is 493 g/mol. The van der Waals surface area contributed by atoms with E-state index in [2.05, 4.69) is 31.2 Å². The molecule has 0 spiro atoms. The Kier molecular flexibility index (Phi) is 9.78. The summed E-state index contributed by atoms with van der Waals surface area (Å²) in [5.41, 5.74) is 2.16. The van der Waals surface area contributed by atoms with Crippen LogP contribution in [0.15, 0.2) is 60.7 Å². The van der Waals surface area contributed by atoms with Crippen LogP contribution in [-0.2, 0) is 6.42 Å². The van der Waals surface area contributed by atoms with Crippen LogP contribution in [0.1, 0.15) is 77.2 Å². The molecular formula is C33H42F2O. The fourth-order valence-electron chi connectivity index (χ4n) is 6.30. The van der Waals surface area contributed by atoms with Crippen molar-refractivity contribution in [3.63, 3.8) is 0 Å². The molecule has 0 N–H and O–H groups in total. The summed E-state index contributed by atoms with van der Waals surface area (Å²) in [4.78, 5) is 0. The van der Waals surface area contributed by atoms with Gasteiger partial charge in [0.1, 0.15) is 0 Å². The van der Waals surface area contributed by atoms with E-state index in [1.54, 1.807) is 13.0 Å². The summed E-state index contributed by atoms with van der Waals surface area (Å²) in [7, 11) is 0. The molecule has 0 unspecified atom stereocenters. The molecule has 0 aliphatic heterocycles. The second-order valence-corrected chi connectivity index (χ2v) is 10.7. The number of halogens is 2. The second kappa shape index (κ2) is 13.2. The normalized spacial score (nSPS) is 25.0. The molecule has 0 saturated heterocycles. The summed E-state index contributed by atoms with van der Waals surface area (Å²) < 4.78 is 33.9. The predicted molar refractivity (Wildman–Crippen MR) is 146 cm³/mol. The molecule has 2 fully saturated rings. The van der Waals surface area contributed by atoms with Gasteiger partial charge in [-0.2, -0.15) is 4.39 Å². The first-order valence-corrected chi connectivity index (χ1v) is 14.1. The Morgan fingerprint density at radius 3 is 1.97 bits per heavy atom. The first kappa shape index (κ1) is 26.6. The third-order valence-electron chi connectivity index (χ3n) is 8.38. The highest BCUT2D eigenvalue weighted by atomic mass is 19.2. The minimum absolute atomic E-state index is 0.0390. The van der Waals surface area contributed by atoms with Crippen LogP contribution in [0.3, 0.4) is 0 Å². The lowest BCUT2D eigenvalue weighted by Crippen LogP contribution is -2.25. The molecule has 4 rings (SSSR count). The van der Waals surface area contributed by atoms with Gasteiger partial charge in [0, 0.05) is 5.56 Å². The van der Waals surface area contributed by atoms with Crippen LogP contribution >= 0.6 is 0 Å². The maximum Gasteiger partial charge on any atom is 0.201 e. The number of rotatable bonds is 9. The topological polar surface area (TPSA) is 9.23 Å². The van der Waals surface area contributed by atoms with Crippen molar-refractivity contribution in [1.29, 1.82) is 0 Å².